The van der Waals surface area contributed by atoms with E-state index in [0.29, 0.717) is 25.3 Å². The number of hydrogen-bond acceptors (Lipinski definition) is 4. The van der Waals surface area contributed by atoms with E-state index in [0.717, 1.165) is 22.2 Å². The number of piperazine rings is 1. The number of ether oxygens (including phenoxy) is 1. The minimum Gasteiger partial charge on any atom is -0.495 e. The molecule has 1 N–H and O–H groups in total. The van der Waals surface area contributed by atoms with Crippen molar-refractivity contribution in [2.24, 2.45) is 0 Å². The van der Waals surface area contributed by atoms with Crippen molar-refractivity contribution in [3.63, 3.8) is 0 Å². The summed E-state index contributed by atoms with van der Waals surface area (Å²) < 4.78 is 5.61. The fourth-order valence-corrected chi connectivity index (χ4v) is 4.00. The Balaban J connectivity index is 2.03. The number of methoxy groups -OCH3 is 1. The molecular weight excluding hydrogens is 342 g/mol. The summed E-state index contributed by atoms with van der Waals surface area (Å²) in [5, 5.41) is 0.979. The first-order chi connectivity index (χ1) is 12.9. The van der Waals surface area contributed by atoms with Gasteiger partial charge < -0.3 is 19.5 Å². The molecule has 0 spiro atoms. The molecule has 0 aliphatic carbocycles. The number of pyridine rings is 1. The van der Waals surface area contributed by atoms with E-state index in [1.165, 1.54) is 6.08 Å². The van der Waals surface area contributed by atoms with Crippen molar-refractivity contribution in [2.45, 2.75) is 39.3 Å². The van der Waals surface area contributed by atoms with Gasteiger partial charge in [0, 0.05) is 42.2 Å². The van der Waals surface area contributed by atoms with Crippen LogP contribution in [0.15, 0.2) is 35.6 Å². The van der Waals surface area contributed by atoms with Crippen LogP contribution in [0.1, 0.15) is 26.3 Å². The summed E-state index contributed by atoms with van der Waals surface area (Å²) >= 11 is 0. The van der Waals surface area contributed by atoms with Gasteiger partial charge in [0.15, 0.2) is 0 Å². The molecule has 0 unspecified atom stereocenters. The molecule has 2 atom stereocenters. The van der Waals surface area contributed by atoms with Gasteiger partial charge in [-0.2, -0.15) is 0 Å². The lowest BCUT2D eigenvalue weighted by Gasteiger charge is -2.45. The number of fused-ring (bicyclic) bond motifs is 1. The first-order valence-corrected chi connectivity index (χ1v) is 9.33. The molecule has 27 heavy (non-hydrogen) atoms. The zero-order valence-electron chi connectivity index (χ0n) is 16.4. The van der Waals surface area contributed by atoms with Crippen molar-refractivity contribution in [1.29, 1.82) is 0 Å². The Morgan fingerprint density at radius 1 is 1.30 bits per heavy atom. The van der Waals surface area contributed by atoms with Gasteiger partial charge in [0.25, 0.3) is 5.56 Å². The maximum Gasteiger partial charge on any atom is 0.251 e. The van der Waals surface area contributed by atoms with Gasteiger partial charge in [0.2, 0.25) is 5.91 Å². The largest absolute Gasteiger partial charge is 0.495 e. The van der Waals surface area contributed by atoms with Gasteiger partial charge in [-0.15, -0.1) is 0 Å². The van der Waals surface area contributed by atoms with Crippen molar-refractivity contribution in [1.82, 2.24) is 9.88 Å². The minimum absolute atomic E-state index is 0.0368. The second-order valence-corrected chi connectivity index (χ2v) is 7.14. The van der Waals surface area contributed by atoms with E-state index in [1.807, 2.05) is 37.8 Å². The highest BCUT2D eigenvalue weighted by Crippen LogP contribution is 2.34. The quantitative estimate of drug-likeness (QED) is 0.842. The first kappa shape index (κ1) is 19.0. The number of carbonyl (C=O) groups is 1. The van der Waals surface area contributed by atoms with E-state index < -0.39 is 0 Å². The van der Waals surface area contributed by atoms with E-state index in [4.69, 9.17) is 4.74 Å². The number of anilines is 1. The van der Waals surface area contributed by atoms with Crippen molar-refractivity contribution >= 4 is 22.5 Å². The van der Waals surface area contributed by atoms with Gasteiger partial charge in [-0.25, -0.2) is 0 Å². The molecule has 1 amide bonds. The summed E-state index contributed by atoms with van der Waals surface area (Å²) in [6.45, 7) is 11.1. The van der Waals surface area contributed by atoms with E-state index in [-0.39, 0.29) is 23.6 Å². The average molecular weight is 369 g/mol. The first-order valence-electron chi connectivity index (χ1n) is 9.33. The van der Waals surface area contributed by atoms with Gasteiger partial charge in [-0.05, 0) is 38.5 Å². The summed E-state index contributed by atoms with van der Waals surface area (Å²) in [5.41, 5.74) is 2.45. The molecule has 2 aromatic rings. The number of carbonyl (C=O) groups excluding carboxylic acids is 1. The summed E-state index contributed by atoms with van der Waals surface area (Å²) in [6, 6.07) is 6.00. The molecule has 0 saturated carbocycles. The highest BCUT2D eigenvalue weighted by molar-refractivity contribution is 5.88. The number of H-pyrrole nitrogens is 1. The van der Waals surface area contributed by atoms with Crippen LogP contribution in [0.4, 0.5) is 5.69 Å². The van der Waals surface area contributed by atoms with Gasteiger partial charge in [-0.3, -0.25) is 9.59 Å². The molecule has 6 heteroatoms. The van der Waals surface area contributed by atoms with Crippen LogP contribution >= 0.6 is 0 Å². The Bertz CT molecular complexity index is 922. The molecular formula is C21H27N3O3. The Kier molecular flexibility index (Phi) is 5.26. The smallest absolute Gasteiger partial charge is 0.251 e. The molecule has 1 aliphatic heterocycles. The monoisotopic (exact) mass is 369 g/mol. The van der Waals surface area contributed by atoms with Gasteiger partial charge in [0.1, 0.15) is 5.75 Å². The lowest BCUT2D eigenvalue weighted by atomic mass is 10.0. The summed E-state index contributed by atoms with van der Waals surface area (Å²) in [6.07, 6.45) is 2.06. The zero-order valence-corrected chi connectivity index (χ0v) is 16.4. The summed E-state index contributed by atoms with van der Waals surface area (Å²) in [4.78, 5) is 31.3. The number of nitrogens with zero attached hydrogens (tertiary/aromatic N) is 2. The second-order valence-electron chi connectivity index (χ2n) is 7.14. The molecule has 0 bridgehead atoms. The Morgan fingerprint density at radius 2 is 1.96 bits per heavy atom. The fourth-order valence-electron chi connectivity index (χ4n) is 4.00. The highest BCUT2D eigenvalue weighted by atomic mass is 16.5. The molecule has 0 radical (unpaired) electrons. The van der Waals surface area contributed by atoms with Crippen LogP contribution in [0.2, 0.25) is 0 Å². The molecule has 3 rings (SSSR count). The topological polar surface area (TPSA) is 65.6 Å². The molecule has 1 saturated heterocycles. The molecule has 144 valence electrons. The number of nitrogens with one attached hydrogen (secondary N) is 1. The predicted octanol–water partition coefficient (Wildman–Crippen LogP) is 2.71. The van der Waals surface area contributed by atoms with Crippen LogP contribution in [0, 0.1) is 0 Å². The summed E-state index contributed by atoms with van der Waals surface area (Å²) in [5.74, 6) is 0.676. The van der Waals surface area contributed by atoms with E-state index in [1.54, 1.807) is 7.11 Å². The molecule has 1 aromatic heterocycles. The number of aromatic amines is 1. The van der Waals surface area contributed by atoms with E-state index in [9.17, 15) is 9.59 Å². The van der Waals surface area contributed by atoms with Gasteiger partial charge in [0.05, 0.1) is 18.3 Å². The summed E-state index contributed by atoms with van der Waals surface area (Å²) in [7, 11) is 1.63. The van der Waals surface area contributed by atoms with Crippen LogP contribution in [0.3, 0.4) is 0 Å². The number of hydrogen-bond donors (Lipinski definition) is 1. The van der Waals surface area contributed by atoms with E-state index in [2.05, 4.69) is 22.5 Å². The predicted molar refractivity (Wildman–Crippen MR) is 109 cm³/mol. The number of aryl methyl sites for hydroxylation is 1. The highest BCUT2D eigenvalue weighted by Gasteiger charge is 2.32. The Morgan fingerprint density at radius 3 is 2.52 bits per heavy atom. The van der Waals surface area contributed by atoms with Crippen molar-refractivity contribution < 1.29 is 9.53 Å². The van der Waals surface area contributed by atoms with Crippen LogP contribution in [0.25, 0.3) is 10.9 Å². The minimum atomic E-state index is -0.0569. The number of rotatable bonds is 4. The standard InChI is InChI=1S/C21H27N3O3/c1-6-15-8-16-9-18(19(27-5)10-17(16)22-21(15)26)23-11-13(3)24(14(4)12-23)20(25)7-2/h7-10,13-14H,2,6,11-12H2,1,3-5H3,(H,22,26)/t13-,14+. The van der Waals surface area contributed by atoms with Crippen LogP contribution < -0.4 is 15.2 Å². The van der Waals surface area contributed by atoms with Crippen molar-refractivity contribution in [3.05, 3.63) is 46.8 Å². The van der Waals surface area contributed by atoms with Crippen molar-refractivity contribution in [2.75, 3.05) is 25.1 Å². The lowest BCUT2D eigenvalue weighted by Crippen LogP contribution is -2.58. The van der Waals surface area contributed by atoms with Crippen LogP contribution in [-0.4, -0.2) is 48.1 Å². The molecule has 1 aromatic carbocycles. The third kappa shape index (κ3) is 3.44. The third-order valence-electron chi connectivity index (χ3n) is 5.29. The Hall–Kier alpha value is -2.76. The Labute approximate surface area is 159 Å². The third-order valence-corrected chi connectivity index (χ3v) is 5.29. The molecule has 6 nitrogen and oxygen atoms in total. The van der Waals surface area contributed by atoms with Crippen LogP contribution in [-0.2, 0) is 11.2 Å². The SMILES string of the molecule is C=CC(=O)N1[C@H](C)CN(c2cc3cc(CC)c(=O)[nH]c3cc2OC)C[C@@H]1C. The van der Waals surface area contributed by atoms with Crippen molar-refractivity contribution in [3.8, 4) is 5.75 Å². The number of aromatic nitrogens is 1. The van der Waals surface area contributed by atoms with E-state index >= 15 is 0 Å². The molecule has 1 fully saturated rings. The zero-order chi connectivity index (χ0) is 19.7. The van der Waals surface area contributed by atoms with Crippen LogP contribution in [0.5, 0.6) is 5.75 Å². The average Bonchev–Trinajstić information content (AvgIpc) is 2.65. The number of amides is 1. The number of benzene rings is 1. The maximum atomic E-state index is 12.2. The second kappa shape index (κ2) is 7.47. The maximum absolute atomic E-state index is 12.2. The fraction of sp³-hybridized carbons (Fsp3) is 0.429. The van der Waals surface area contributed by atoms with Gasteiger partial charge >= 0.3 is 0 Å². The van der Waals surface area contributed by atoms with Gasteiger partial charge in [-0.1, -0.05) is 13.5 Å². The lowest BCUT2D eigenvalue weighted by molar-refractivity contribution is -0.130. The molecule has 2 heterocycles. The normalized spacial score (nSPS) is 20.0. The molecule has 1 aliphatic rings.